The number of hydrogen-bond acceptors (Lipinski definition) is 8. The van der Waals surface area contributed by atoms with Gasteiger partial charge in [-0.15, -0.1) is 0 Å². The Kier molecular flexibility index (Phi) is 6.49. The molecule has 2 N–H and O–H groups in total. The Morgan fingerprint density at radius 1 is 1.15 bits per heavy atom. The predicted octanol–water partition coefficient (Wildman–Crippen LogP) is 2.15. The lowest BCUT2D eigenvalue weighted by Gasteiger charge is -2.35. The number of aliphatic hydroxyl groups is 1. The fraction of sp³-hybridized carbons (Fsp3) is 0.565. The summed E-state index contributed by atoms with van der Waals surface area (Å²) in [5, 5.41) is 13.5. The monoisotopic (exact) mass is 475 g/mol. The number of fused-ring (bicyclic) bond motifs is 1. The van der Waals surface area contributed by atoms with Crippen LogP contribution in [-0.4, -0.2) is 75.0 Å². The molecule has 4 heterocycles. The number of likely N-dealkylation sites (N-methyl/N-ethyl adjacent to an activating group) is 1. The van der Waals surface area contributed by atoms with Gasteiger partial charge in [0.25, 0.3) is 0 Å². The van der Waals surface area contributed by atoms with Gasteiger partial charge in [0.15, 0.2) is 0 Å². The van der Waals surface area contributed by atoms with E-state index in [0.29, 0.717) is 42.7 Å². The average Bonchev–Trinajstić information content (AvgIpc) is 3.19. The summed E-state index contributed by atoms with van der Waals surface area (Å²) in [7, 11) is 0.819. The summed E-state index contributed by atoms with van der Waals surface area (Å²) in [6.45, 7) is 2.21. The summed E-state index contributed by atoms with van der Waals surface area (Å²) in [4.78, 5) is 14.4. The second-order valence-electron chi connectivity index (χ2n) is 9.04. The highest BCUT2D eigenvalue weighted by Crippen LogP contribution is 2.32. The van der Waals surface area contributed by atoms with E-state index in [4.69, 9.17) is 14.7 Å². The van der Waals surface area contributed by atoms with Crippen LogP contribution in [0.2, 0.25) is 0 Å². The van der Waals surface area contributed by atoms with Gasteiger partial charge in [-0.1, -0.05) is 0 Å². The number of nitrogens with one attached hydrogen (secondary N) is 1. The van der Waals surface area contributed by atoms with Crippen LogP contribution in [0.4, 0.5) is 16.2 Å². The van der Waals surface area contributed by atoms with Crippen molar-refractivity contribution in [1.29, 1.82) is 0 Å². The maximum atomic E-state index is 13.1. The van der Waals surface area contributed by atoms with Crippen LogP contribution in [-0.2, 0) is 17.2 Å². The average molecular weight is 476 g/mol. The van der Waals surface area contributed by atoms with Gasteiger partial charge in [-0.05, 0) is 44.2 Å². The van der Waals surface area contributed by atoms with E-state index in [0.717, 1.165) is 42.9 Å². The molecule has 1 aromatic heterocycles. The molecule has 3 aliphatic heterocycles. The highest BCUT2D eigenvalue weighted by atomic mass is 32.2. The van der Waals surface area contributed by atoms with E-state index in [1.54, 1.807) is 12.1 Å². The van der Waals surface area contributed by atoms with E-state index in [1.165, 1.54) is 12.1 Å². The van der Waals surface area contributed by atoms with Crippen LogP contribution >= 0.6 is 0 Å². The molecule has 178 valence electrons. The first-order chi connectivity index (χ1) is 16.0. The van der Waals surface area contributed by atoms with Crippen LogP contribution in [0.15, 0.2) is 29.2 Å². The van der Waals surface area contributed by atoms with Crippen LogP contribution < -0.4 is 15.0 Å². The second-order valence-corrected chi connectivity index (χ2v) is 10.6. The van der Waals surface area contributed by atoms with Gasteiger partial charge < -0.3 is 20.1 Å². The Morgan fingerprint density at radius 3 is 2.64 bits per heavy atom. The lowest BCUT2D eigenvalue weighted by molar-refractivity contribution is -0.00958. The van der Waals surface area contributed by atoms with Crippen molar-refractivity contribution in [3.63, 3.8) is 0 Å². The van der Waals surface area contributed by atoms with Gasteiger partial charge in [0.1, 0.15) is 34.6 Å². The van der Waals surface area contributed by atoms with Crippen LogP contribution in [0.25, 0.3) is 0 Å². The van der Waals surface area contributed by atoms with Crippen LogP contribution in [0.5, 0.6) is 5.75 Å². The highest BCUT2D eigenvalue weighted by molar-refractivity contribution is 7.85. The Labute approximate surface area is 195 Å². The number of benzene rings is 1. The van der Waals surface area contributed by atoms with Crippen molar-refractivity contribution in [2.24, 2.45) is 0 Å². The van der Waals surface area contributed by atoms with Crippen molar-refractivity contribution in [2.75, 3.05) is 42.7 Å². The van der Waals surface area contributed by atoms with Crippen molar-refractivity contribution in [3.8, 4) is 5.75 Å². The molecule has 5 rings (SSSR count). The van der Waals surface area contributed by atoms with Crippen molar-refractivity contribution < 1.29 is 18.4 Å². The molecule has 33 heavy (non-hydrogen) atoms. The van der Waals surface area contributed by atoms with E-state index in [2.05, 4.69) is 10.2 Å². The molecule has 0 spiro atoms. The minimum absolute atomic E-state index is 0.0652. The van der Waals surface area contributed by atoms with Gasteiger partial charge >= 0.3 is 0 Å². The molecule has 0 amide bonds. The zero-order chi connectivity index (χ0) is 22.9. The van der Waals surface area contributed by atoms with E-state index in [1.807, 2.05) is 11.9 Å². The summed E-state index contributed by atoms with van der Waals surface area (Å²) in [5.41, 5.74) is 0.870. The third kappa shape index (κ3) is 4.97. The summed E-state index contributed by atoms with van der Waals surface area (Å²) in [6, 6.07) is 6.27. The molecule has 2 saturated heterocycles. The number of aliphatic hydroxyl groups excluding tert-OH is 1. The van der Waals surface area contributed by atoms with E-state index in [-0.39, 0.29) is 18.0 Å². The summed E-state index contributed by atoms with van der Waals surface area (Å²) >= 11 is 0. The maximum absolute atomic E-state index is 13.1. The zero-order valence-corrected chi connectivity index (χ0v) is 19.6. The smallest absolute Gasteiger partial charge is 0.227 e. The number of aryl methyl sites for hydroxylation is 1. The molecule has 2 fully saturated rings. The molecule has 3 atom stereocenters. The summed E-state index contributed by atoms with van der Waals surface area (Å²) in [5.74, 6) is 2.33. The standard InChI is InChI=1S/C23H30FN5O3S/c1-28-14-16(4-7-20(28)30)25-22-21-19(10-13-33(21)31)26-23(27-22)29-11-8-18(9-12-29)32-17-5-2-15(24)3-6-17/h2-3,5-6,16,18,20,30H,4,7-14H2,1H3,(H,25,26,27)/t16-,20?,33?/m0/s1. The number of halogens is 1. The van der Waals surface area contributed by atoms with Gasteiger partial charge in [0.05, 0.1) is 16.5 Å². The van der Waals surface area contributed by atoms with Crippen LogP contribution in [0, 0.1) is 5.82 Å². The second kappa shape index (κ2) is 9.52. The van der Waals surface area contributed by atoms with Gasteiger partial charge in [-0.3, -0.25) is 9.11 Å². The molecule has 0 bridgehead atoms. The number of ether oxygens (including phenoxy) is 1. The van der Waals surface area contributed by atoms with Crippen molar-refractivity contribution in [1.82, 2.24) is 14.9 Å². The van der Waals surface area contributed by atoms with E-state index >= 15 is 0 Å². The van der Waals surface area contributed by atoms with Crippen molar-refractivity contribution in [2.45, 2.75) is 55.4 Å². The molecule has 0 saturated carbocycles. The number of hydrogen-bond donors (Lipinski definition) is 2. The molecule has 8 nitrogen and oxygen atoms in total. The molecular formula is C23H30FN5O3S. The minimum Gasteiger partial charge on any atom is -0.490 e. The molecule has 2 unspecified atom stereocenters. The summed E-state index contributed by atoms with van der Waals surface area (Å²) in [6.07, 6.45) is 3.50. The number of rotatable bonds is 5. The fourth-order valence-electron chi connectivity index (χ4n) is 4.74. The maximum Gasteiger partial charge on any atom is 0.227 e. The molecule has 0 aliphatic carbocycles. The first-order valence-electron chi connectivity index (χ1n) is 11.6. The quantitative estimate of drug-likeness (QED) is 0.680. The normalized spacial score (nSPS) is 26.3. The Morgan fingerprint density at radius 2 is 1.91 bits per heavy atom. The topological polar surface area (TPSA) is 90.8 Å². The SMILES string of the molecule is CN1C[C@@H](Nc2nc(N3CCC(Oc4ccc(F)cc4)CC3)nc3c2S(=O)CC3)CCC1O. The van der Waals surface area contributed by atoms with Crippen LogP contribution in [0.1, 0.15) is 31.4 Å². The molecule has 0 radical (unpaired) electrons. The lowest BCUT2D eigenvalue weighted by Crippen LogP contribution is -2.46. The third-order valence-electron chi connectivity index (χ3n) is 6.65. The van der Waals surface area contributed by atoms with E-state index < -0.39 is 17.0 Å². The Bertz CT molecular complexity index is 1020. The zero-order valence-electron chi connectivity index (χ0n) is 18.7. The molecule has 3 aliphatic rings. The first kappa shape index (κ1) is 22.5. The van der Waals surface area contributed by atoms with Gasteiger partial charge in [-0.25, -0.2) is 9.37 Å². The van der Waals surface area contributed by atoms with Crippen molar-refractivity contribution in [3.05, 3.63) is 35.8 Å². The molecule has 10 heteroatoms. The summed E-state index contributed by atoms with van der Waals surface area (Å²) < 4.78 is 31.8. The van der Waals surface area contributed by atoms with Crippen molar-refractivity contribution >= 4 is 22.6 Å². The number of likely N-dealkylation sites (tertiary alicyclic amines) is 1. The number of anilines is 2. The lowest BCUT2D eigenvalue weighted by atomic mass is 10.0. The third-order valence-corrected chi connectivity index (χ3v) is 8.11. The van der Waals surface area contributed by atoms with Crippen LogP contribution in [0.3, 0.4) is 0 Å². The number of piperidine rings is 2. The molecular weight excluding hydrogens is 445 g/mol. The Hall–Kier alpha value is -2.30. The molecule has 2 aromatic rings. The number of aromatic nitrogens is 2. The van der Waals surface area contributed by atoms with Gasteiger partial charge in [0, 0.05) is 50.7 Å². The number of nitrogens with zero attached hydrogens (tertiary/aromatic N) is 4. The van der Waals surface area contributed by atoms with Gasteiger partial charge in [0.2, 0.25) is 5.95 Å². The predicted molar refractivity (Wildman–Crippen MR) is 125 cm³/mol. The molecule has 1 aromatic carbocycles. The highest BCUT2D eigenvalue weighted by Gasteiger charge is 2.31. The minimum atomic E-state index is -1.09. The largest absolute Gasteiger partial charge is 0.490 e. The fourth-order valence-corrected chi connectivity index (χ4v) is 6.06. The first-order valence-corrected chi connectivity index (χ1v) is 12.9. The van der Waals surface area contributed by atoms with E-state index in [9.17, 15) is 13.7 Å². The van der Waals surface area contributed by atoms with Gasteiger partial charge in [-0.2, -0.15) is 4.98 Å². The Balaban J connectivity index is 1.28.